The number of hydrogen-bond acceptors (Lipinski definition) is 2. The lowest BCUT2D eigenvalue weighted by molar-refractivity contribution is 1.26. The van der Waals surface area contributed by atoms with Gasteiger partial charge in [0.1, 0.15) is 5.82 Å². The van der Waals surface area contributed by atoms with E-state index in [0.717, 1.165) is 10.0 Å². The molecule has 0 amide bonds. The topological polar surface area (TPSA) is 38.9 Å². The van der Waals surface area contributed by atoms with Crippen LogP contribution in [0.25, 0.3) is 0 Å². The molecular formula is C10H19BrN2. The summed E-state index contributed by atoms with van der Waals surface area (Å²) in [6, 6.07) is 1.93. The van der Waals surface area contributed by atoms with Gasteiger partial charge in [-0.3, -0.25) is 0 Å². The molecule has 1 aromatic rings. The second kappa shape index (κ2) is 9.52. The maximum Gasteiger partial charge on any atom is 0.126 e. The van der Waals surface area contributed by atoms with Crippen molar-refractivity contribution in [2.45, 2.75) is 34.6 Å². The van der Waals surface area contributed by atoms with Crippen molar-refractivity contribution in [2.75, 3.05) is 5.73 Å². The van der Waals surface area contributed by atoms with E-state index in [4.69, 9.17) is 5.73 Å². The first-order valence-corrected chi connectivity index (χ1v) is 5.37. The molecule has 0 atom stereocenters. The minimum atomic E-state index is 0.596. The maximum atomic E-state index is 5.46. The Labute approximate surface area is 89.7 Å². The van der Waals surface area contributed by atoms with E-state index in [9.17, 15) is 0 Å². The zero-order valence-corrected chi connectivity index (χ0v) is 10.6. The number of hydrogen-bond donors (Lipinski definition) is 1. The molecule has 76 valence electrons. The molecule has 13 heavy (non-hydrogen) atoms. The van der Waals surface area contributed by atoms with Crippen molar-refractivity contribution in [2.24, 2.45) is 0 Å². The third kappa shape index (κ3) is 6.58. The van der Waals surface area contributed by atoms with Crippen LogP contribution in [0.15, 0.2) is 16.7 Å². The second-order valence-corrected chi connectivity index (χ2v) is 2.77. The lowest BCUT2D eigenvalue weighted by atomic mass is 10.3. The van der Waals surface area contributed by atoms with Crippen LogP contribution in [0, 0.1) is 6.92 Å². The summed E-state index contributed by atoms with van der Waals surface area (Å²) in [6.45, 7) is 9.92. The normalized spacial score (nSPS) is 7.54. The fourth-order valence-electron chi connectivity index (χ4n) is 0.551. The maximum absolute atomic E-state index is 5.46. The standard InChI is InChI=1S/C6H7BrN2.2C2H6/c1-4-2-5(7)3-9-6(4)8;2*1-2/h2-3H,1H3,(H2,8,9);2*1-2H3. The van der Waals surface area contributed by atoms with Gasteiger partial charge in [-0.15, -0.1) is 0 Å². The molecule has 3 heteroatoms. The van der Waals surface area contributed by atoms with E-state index in [1.165, 1.54) is 0 Å². The molecule has 0 spiro atoms. The molecule has 1 aromatic heterocycles. The van der Waals surface area contributed by atoms with E-state index in [0.29, 0.717) is 5.82 Å². The second-order valence-electron chi connectivity index (χ2n) is 1.86. The zero-order chi connectivity index (χ0) is 10.9. The first-order chi connectivity index (χ1) is 6.20. The fraction of sp³-hybridized carbons (Fsp3) is 0.500. The van der Waals surface area contributed by atoms with E-state index in [2.05, 4.69) is 20.9 Å². The number of nitrogens with two attached hydrogens (primary N) is 1. The van der Waals surface area contributed by atoms with Crippen molar-refractivity contribution < 1.29 is 0 Å². The highest BCUT2D eigenvalue weighted by atomic mass is 79.9. The van der Waals surface area contributed by atoms with Crippen LogP contribution in [0.4, 0.5) is 5.82 Å². The largest absolute Gasteiger partial charge is 0.383 e. The van der Waals surface area contributed by atoms with E-state index >= 15 is 0 Å². The lowest BCUT2D eigenvalue weighted by Gasteiger charge is -1.96. The molecule has 0 bridgehead atoms. The van der Waals surface area contributed by atoms with Crippen molar-refractivity contribution in [3.8, 4) is 0 Å². The SMILES string of the molecule is CC.CC.Cc1cc(Br)cnc1N. The van der Waals surface area contributed by atoms with Crippen LogP contribution in [0.3, 0.4) is 0 Å². The Morgan fingerprint density at radius 1 is 1.23 bits per heavy atom. The molecule has 0 aromatic carbocycles. The quantitative estimate of drug-likeness (QED) is 0.757. The fourth-order valence-corrected chi connectivity index (χ4v) is 0.997. The van der Waals surface area contributed by atoms with Crippen molar-refractivity contribution in [3.05, 3.63) is 22.3 Å². The highest BCUT2D eigenvalue weighted by Crippen LogP contribution is 2.13. The summed E-state index contributed by atoms with van der Waals surface area (Å²) in [5, 5.41) is 0. The average molecular weight is 247 g/mol. The highest BCUT2D eigenvalue weighted by molar-refractivity contribution is 9.10. The molecule has 0 aliphatic heterocycles. The molecule has 0 fully saturated rings. The Kier molecular flexibility index (Phi) is 10.9. The van der Waals surface area contributed by atoms with Gasteiger partial charge in [-0.25, -0.2) is 4.98 Å². The summed E-state index contributed by atoms with van der Waals surface area (Å²) >= 11 is 3.28. The van der Waals surface area contributed by atoms with E-state index < -0.39 is 0 Å². The van der Waals surface area contributed by atoms with Gasteiger partial charge in [-0.1, -0.05) is 27.7 Å². The summed E-state index contributed by atoms with van der Waals surface area (Å²) in [7, 11) is 0. The van der Waals surface area contributed by atoms with Gasteiger partial charge in [0, 0.05) is 10.7 Å². The van der Waals surface area contributed by atoms with Crippen LogP contribution in [0.1, 0.15) is 33.3 Å². The van der Waals surface area contributed by atoms with Crippen molar-refractivity contribution in [1.29, 1.82) is 0 Å². The molecule has 0 saturated carbocycles. The number of pyridine rings is 1. The van der Waals surface area contributed by atoms with E-state index in [1.807, 2.05) is 40.7 Å². The van der Waals surface area contributed by atoms with Gasteiger partial charge >= 0.3 is 0 Å². The van der Waals surface area contributed by atoms with Crippen molar-refractivity contribution >= 4 is 21.7 Å². The Bertz CT molecular complexity index is 224. The molecule has 1 heterocycles. The van der Waals surface area contributed by atoms with Crippen LogP contribution in [-0.4, -0.2) is 4.98 Å². The van der Waals surface area contributed by atoms with Gasteiger partial charge in [0.25, 0.3) is 0 Å². The molecule has 2 nitrogen and oxygen atoms in total. The van der Waals surface area contributed by atoms with Crippen molar-refractivity contribution in [3.63, 3.8) is 0 Å². The number of aryl methyl sites for hydroxylation is 1. The zero-order valence-electron chi connectivity index (χ0n) is 9.06. The summed E-state index contributed by atoms with van der Waals surface area (Å²) in [4.78, 5) is 3.91. The number of aromatic nitrogens is 1. The summed E-state index contributed by atoms with van der Waals surface area (Å²) < 4.78 is 0.967. The van der Waals surface area contributed by atoms with Gasteiger partial charge in [0.15, 0.2) is 0 Å². The highest BCUT2D eigenvalue weighted by Gasteiger charge is 1.92. The number of halogens is 1. The van der Waals surface area contributed by atoms with Gasteiger partial charge in [0.05, 0.1) is 0 Å². The average Bonchev–Trinajstić information content (AvgIpc) is 2.18. The monoisotopic (exact) mass is 246 g/mol. The Morgan fingerprint density at radius 2 is 1.69 bits per heavy atom. The Morgan fingerprint density at radius 3 is 2.00 bits per heavy atom. The number of anilines is 1. The van der Waals surface area contributed by atoms with Crippen LogP contribution in [0.2, 0.25) is 0 Å². The van der Waals surface area contributed by atoms with Gasteiger partial charge < -0.3 is 5.73 Å². The molecular weight excluding hydrogens is 228 g/mol. The number of nitrogens with zero attached hydrogens (tertiary/aromatic N) is 1. The van der Waals surface area contributed by atoms with Crippen molar-refractivity contribution in [1.82, 2.24) is 4.98 Å². The molecule has 1 rings (SSSR count). The molecule has 2 N–H and O–H groups in total. The summed E-state index contributed by atoms with van der Waals surface area (Å²) in [5.41, 5.74) is 6.46. The molecule has 0 aliphatic rings. The van der Waals surface area contributed by atoms with Gasteiger partial charge in [-0.05, 0) is 34.5 Å². The van der Waals surface area contributed by atoms with Crippen LogP contribution >= 0.6 is 15.9 Å². The lowest BCUT2D eigenvalue weighted by Crippen LogP contribution is -1.91. The molecule has 0 unspecified atom stereocenters. The van der Waals surface area contributed by atoms with E-state index in [1.54, 1.807) is 6.20 Å². The van der Waals surface area contributed by atoms with Crippen LogP contribution in [0.5, 0.6) is 0 Å². The van der Waals surface area contributed by atoms with Gasteiger partial charge in [0.2, 0.25) is 0 Å². The number of nitrogen functional groups attached to an aromatic ring is 1. The molecule has 0 aliphatic carbocycles. The smallest absolute Gasteiger partial charge is 0.126 e. The molecule has 0 radical (unpaired) electrons. The predicted molar refractivity (Wildman–Crippen MR) is 63.8 cm³/mol. The minimum absolute atomic E-state index is 0.596. The predicted octanol–water partition coefficient (Wildman–Crippen LogP) is 3.79. The Balaban J connectivity index is 0. The molecule has 0 saturated heterocycles. The third-order valence-corrected chi connectivity index (χ3v) is 1.52. The third-order valence-electron chi connectivity index (χ3n) is 1.09. The first kappa shape index (κ1) is 14.9. The van der Waals surface area contributed by atoms with E-state index in [-0.39, 0.29) is 0 Å². The van der Waals surface area contributed by atoms with Gasteiger partial charge in [-0.2, -0.15) is 0 Å². The van der Waals surface area contributed by atoms with Crippen LogP contribution < -0.4 is 5.73 Å². The first-order valence-electron chi connectivity index (χ1n) is 4.58. The summed E-state index contributed by atoms with van der Waals surface area (Å²) in [5.74, 6) is 0.596. The minimum Gasteiger partial charge on any atom is -0.383 e. The van der Waals surface area contributed by atoms with Crippen LogP contribution in [-0.2, 0) is 0 Å². The Hall–Kier alpha value is -0.570. The number of rotatable bonds is 0. The summed E-state index contributed by atoms with van der Waals surface area (Å²) in [6.07, 6.45) is 1.68.